The largest absolute Gasteiger partial charge is 0.466 e. The van der Waals surface area contributed by atoms with E-state index in [9.17, 15) is 4.79 Å². The van der Waals surface area contributed by atoms with Gasteiger partial charge in [0, 0.05) is 25.6 Å². The van der Waals surface area contributed by atoms with Crippen molar-refractivity contribution in [2.45, 2.75) is 20.3 Å². The molecule has 0 fully saturated rings. The molecule has 0 amide bonds. The number of ether oxygens (including phenoxy) is 2. The number of hydrogen-bond acceptors (Lipinski definition) is 6. The third kappa shape index (κ3) is 5.01. The smallest absolute Gasteiger partial charge is 0.311 e. The third-order valence-corrected chi connectivity index (χ3v) is 3.28. The molecular weight excluding hydrogens is 252 g/mol. The Morgan fingerprint density at radius 2 is 2.22 bits per heavy atom. The zero-order valence-corrected chi connectivity index (χ0v) is 12.0. The SMILES string of the molecule is CCOCCN(C)c1nc(CC(=O)OCC)cs1. The van der Waals surface area contributed by atoms with Crippen LogP contribution in [0.2, 0.25) is 0 Å². The van der Waals surface area contributed by atoms with Crippen LogP contribution >= 0.6 is 11.3 Å². The maximum absolute atomic E-state index is 11.3. The Morgan fingerprint density at radius 3 is 2.89 bits per heavy atom. The van der Waals surface area contributed by atoms with Gasteiger partial charge < -0.3 is 14.4 Å². The van der Waals surface area contributed by atoms with E-state index in [2.05, 4.69) is 4.98 Å². The summed E-state index contributed by atoms with van der Waals surface area (Å²) in [4.78, 5) is 17.7. The van der Waals surface area contributed by atoms with Gasteiger partial charge in [0.2, 0.25) is 0 Å². The number of rotatable bonds is 8. The van der Waals surface area contributed by atoms with Crippen LogP contribution in [-0.2, 0) is 20.7 Å². The Morgan fingerprint density at radius 1 is 1.44 bits per heavy atom. The van der Waals surface area contributed by atoms with Crippen molar-refractivity contribution in [3.63, 3.8) is 0 Å². The molecule has 102 valence electrons. The molecule has 6 heteroatoms. The summed E-state index contributed by atoms with van der Waals surface area (Å²) in [5.41, 5.74) is 0.761. The molecular formula is C12H20N2O3S. The van der Waals surface area contributed by atoms with E-state index in [0.29, 0.717) is 13.2 Å². The highest BCUT2D eigenvalue weighted by Gasteiger charge is 2.10. The van der Waals surface area contributed by atoms with Crippen LogP contribution in [-0.4, -0.2) is 44.4 Å². The molecule has 0 aliphatic carbocycles. The molecule has 0 unspecified atom stereocenters. The molecule has 0 saturated heterocycles. The van der Waals surface area contributed by atoms with Gasteiger partial charge >= 0.3 is 5.97 Å². The first-order chi connectivity index (χ1) is 8.67. The van der Waals surface area contributed by atoms with Gasteiger partial charge in [0.25, 0.3) is 0 Å². The quantitative estimate of drug-likeness (QED) is 0.533. The predicted molar refractivity (Wildman–Crippen MR) is 72.2 cm³/mol. The number of likely N-dealkylation sites (N-methyl/N-ethyl adjacent to an activating group) is 1. The van der Waals surface area contributed by atoms with Crippen molar-refractivity contribution in [1.82, 2.24) is 4.98 Å². The topological polar surface area (TPSA) is 51.7 Å². The van der Waals surface area contributed by atoms with Crippen molar-refractivity contribution in [1.29, 1.82) is 0 Å². The fourth-order valence-electron chi connectivity index (χ4n) is 1.35. The molecule has 1 aromatic rings. The molecule has 0 aliphatic heterocycles. The first kappa shape index (κ1) is 14.9. The van der Waals surface area contributed by atoms with E-state index in [0.717, 1.165) is 24.0 Å². The second-order valence-corrected chi connectivity index (χ2v) is 4.56. The normalized spacial score (nSPS) is 10.4. The Hall–Kier alpha value is -1.14. The highest BCUT2D eigenvalue weighted by molar-refractivity contribution is 7.13. The fourth-order valence-corrected chi connectivity index (χ4v) is 2.17. The van der Waals surface area contributed by atoms with Crippen molar-refractivity contribution in [3.05, 3.63) is 11.1 Å². The first-order valence-electron chi connectivity index (χ1n) is 6.06. The summed E-state index contributed by atoms with van der Waals surface area (Å²) in [6.07, 6.45) is 0.240. The van der Waals surface area contributed by atoms with Crippen molar-refractivity contribution in [2.75, 3.05) is 38.3 Å². The van der Waals surface area contributed by atoms with Gasteiger partial charge in [-0.3, -0.25) is 4.79 Å². The molecule has 0 bridgehead atoms. The Bertz CT molecular complexity index is 368. The number of aromatic nitrogens is 1. The average molecular weight is 272 g/mol. The van der Waals surface area contributed by atoms with Crippen LogP contribution in [0.25, 0.3) is 0 Å². The van der Waals surface area contributed by atoms with E-state index >= 15 is 0 Å². The number of anilines is 1. The van der Waals surface area contributed by atoms with Crippen LogP contribution in [0.1, 0.15) is 19.5 Å². The van der Waals surface area contributed by atoms with Gasteiger partial charge in [0.15, 0.2) is 5.13 Å². The van der Waals surface area contributed by atoms with E-state index in [4.69, 9.17) is 9.47 Å². The van der Waals surface area contributed by atoms with Gasteiger partial charge in [-0.05, 0) is 13.8 Å². The van der Waals surface area contributed by atoms with E-state index in [1.54, 1.807) is 6.92 Å². The Kier molecular flexibility index (Phi) is 6.67. The van der Waals surface area contributed by atoms with Gasteiger partial charge in [-0.2, -0.15) is 0 Å². The number of carbonyl (C=O) groups is 1. The van der Waals surface area contributed by atoms with E-state index in [1.807, 2.05) is 24.3 Å². The highest BCUT2D eigenvalue weighted by atomic mass is 32.1. The predicted octanol–water partition coefficient (Wildman–Crippen LogP) is 1.72. The molecule has 0 radical (unpaired) electrons. The maximum Gasteiger partial charge on any atom is 0.311 e. The molecule has 0 spiro atoms. The molecule has 1 rings (SSSR count). The zero-order valence-electron chi connectivity index (χ0n) is 11.1. The Balaban J connectivity index is 2.44. The summed E-state index contributed by atoms with van der Waals surface area (Å²) in [6.45, 7) is 6.37. The van der Waals surface area contributed by atoms with Gasteiger partial charge in [-0.15, -0.1) is 11.3 Å². The third-order valence-electron chi connectivity index (χ3n) is 2.27. The fraction of sp³-hybridized carbons (Fsp3) is 0.667. The molecule has 0 aromatic carbocycles. The van der Waals surface area contributed by atoms with E-state index in [1.165, 1.54) is 11.3 Å². The summed E-state index contributed by atoms with van der Waals surface area (Å²) in [5.74, 6) is -0.230. The van der Waals surface area contributed by atoms with Gasteiger partial charge in [0.05, 0.1) is 25.3 Å². The lowest BCUT2D eigenvalue weighted by atomic mass is 10.3. The minimum Gasteiger partial charge on any atom is -0.466 e. The number of nitrogens with zero attached hydrogens (tertiary/aromatic N) is 2. The lowest BCUT2D eigenvalue weighted by Gasteiger charge is -2.14. The van der Waals surface area contributed by atoms with Crippen LogP contribution in [0.5, 0.6) is 0 Å². The van der Waals surface area contributed by atoms with Crippen LogP contribution < -0.4 is 4.90 Å². The monoisotopic (exact) mass is 272 g/mol. The average Bonchev–Trinajstić information content (AvgIpc) is 2.78. The van der Waals surface area contributed by atoms with Crippen LogP contribution in [0.15, 0.2) is 5.38 Å². The summed E-state index contributed by atoms with van der Waals surface area (Å²) in [5, 5.41) is 2.79. The van der Waals surface area contributed by atoms with Crippen LogP contribution in [0, 0.1) is 0 Å². The van der Waals surface area contributed by atoms with Crippen LogP contribution in [0.4, 0.5) is 5.13 Å². The van der Waals surface area contributed by atoms with Crippen LogP contribution in [0.3, 0.4) is 0 Å². The lowest BCUT2D eigenvalue weighted by molar-refractivity contribution is -0.142. The highest BCUT2D eigenvalue weighted by Crippen LogP contribution is 2.19. The minimum atomic E-state index is -0.230. The van der Waals surface area contributed by atoms with Gasteiger partial charge in [-0.1, -0.05) is 0 Å². The standard InChI is InChI=1S/C12H20N2O3S/c1-4-16-7-6-14(3)12-13-10(9-18-12)8-11(15)17-5-2/h9H,4-8H2,1-3H3. The van der Waals surface area contributed by atoms with Gasteiger partial charge in [0.1, 0.15) is 0 Å². The van der Waals surface area contributed by atoms with Crippen molar-refractivity contribution in [3.8, 4) is 0 Å². The minimum absolute atomic E-state index is 0.230. The van der Waals surface area contributed by atoms with Crippen molar-refractivity contribution < 1.29 is 14.3 Å². The Labute approximate surface area is 112 Å². The molecule has 0 aliphatic rings. The number of esters is 1. The molecule has 0 N–H and O–H groups in total. The van der Waals surface area contributed by atoms with E-state index in [-0.39, 0.29) is 12.4 Å². The maximum atomic E-state index is 11.3. The summed E-state index contributed by atoms with van der Waals surface area (Å²) < 4.78 is 10.2. The molecule has 18 heavy (non-hydrogen) atoms. The second kappa shape index (κ2) is 8.05. The number of hydrogen-bond donors (Lipinski definition) is 0. The first-order valence-corrected chi connectivity index (χ1v) is 6.94. The molecule has 5 nitrogen and oxygen atoms in total. The molecule has 1 heterocycles. The number of carbonyl (C=O) groups excluding carboxylic acids is 1. The summed E-state index contributed by atoms with van der Waals surface area (Å²) >= 11 is 1.53. The summed E-state index contributed by atoms with van der Waals surface area (Å²) in [7, 11) is 1.96. The van der Waals surface area contributed by atoms with E-state index < -0.39 is 0 Å². The molecule has 0 atom stereocenters. The summed E-state index contributed by atoms with van der Waals surface area (Å²) in [6, 6.07) is 0. The molecule has 0 saturated carbocycles. The second-order valence-electron chi connectivity index (χ2n) is 3.72. The lowest BCUT2D eigenvalue weighted by Crippen LogP contribution is -2.22. The van der Waals surface area contributed by atoms with Gasteiger partial charge in [-0.25, -0.2) is 4.98 Å². The van der Waals surface area contributed by atoms with Crippen molar-refractivity contribution >= 4 is 22.4 Å². The van der Waals surface area contributed by atoms with Crippen molar-refractivity contribution in [2.24, 2.45) is 0 Å². The number of thiazole rings is 1. The molecule has 1 aromatic heterocycles. The zero-order chi connectivity index (χ0) is 13.4.